The number of carbonyl (C=O) groups excluding carboxylic acids is 1. The highest BCUT2D eigenvalue weighted by atomic mass is 32.2. The lowest BCUT2D eigenvalue weighted by atomic mass is 10.3. The van der Waals surface area contributed by atoms with Gasteiger partial charge in [0, 0.05) is 33.3 Å². The summed E-state index contributed by atoms with van der Waals surface area (Å²) in [4.78, 5) is 13.5. The summed E-state index contributed by atoms with van der Waals surface area (Å²) in [6.07, 6.45) is 1.53. The first-order chi connectivity index (χ1) is 10.0. The van der Waals surface area contributed by atoms with E-state index in [-0.39, 0.29) is 18.3 Å². The summed E-state index contributed by atoms with van der Waals surface area (Å²) in [5.41, 5.74) is 0. The molecule has 0 bridgehead atoms. The van der Waals surface area contributed by atoms with Gasteiger partial charge in [0.15, 0.2) is 0 Å². The van der Waals surface area contributed by atoms with Crippen LogP contribution in [-0.2, 0) is 24.3 Å². The van der Waals surface area contributed by atoms with Crippen LogP contribution in [0.1, 0.15) is 19.8 Å². The minimum absolute atomic E-state index is 0.0198. The number of nitrogens with zero attached hydrogens (tertiary/aromatic N) is 2. The average molecular weight is 322 g/mol. The Balaban J connectivity index is 2.32. The van der Waals surface area contributed by atoms with Gasteiger partial charge in [0.25, 0.3) is 0 Å². The van der Waals surface area contributed by atoms with Crippen LogP contribution in [0, 0.1) is 0 Å². The number of hydrogen-bond acceptors (Lipinski definition) is 5. The highest BCUT2D eigenvalue weighted by molar-refractivity contribution is 7.89. The lowest BCUT2D eigenvalue weighted by molar-refractivity contribution is -0.137. The molecule has 1 amide bonds. The summed E-state index contributed by atoms with van der Waals surface area (Å²) in [6.45, 7) is 4.42. The predicted octanol–water partition coefficient (Wildman–Crippen LogP) is -0.0765. The fourth-order valence-electron chi connectivity index (χ4n) is 2.06. The summed E-state index contributed by atoms with van der Waals surface area (Å²) in [7, 11) is -1.60. The molecule has 0 aromatic carbocycles. The van der Waals surface area contributed by atoms with Crippen molar-refractivity contribution in [3.8, 4) is 0 Å². The first-order valence-electron chi connectivity index (χ1n) is 7.33. The molecule has 1 saturated heterocycles. The van der Waals surface area contributed by atoms with E-state index in [0.717, 1.165) is 6.42 Å². The number of carbonyl (C=O) groups is 1. The molecule has 21 heavy (non-hydrogen) atoms. The van der Waals surface area contributed by atoms with E-state index >= 15 is 0 Å². The number of amides is 1. The molecule has 0 radical (unpaired) electrons. The minimum atomic E-state index is -3.17. The van der Waals surface area contributed by atoms with Gasteiger partial charge in [-0.3, -0.25) is 4.79 Å². The Kier molecular flexibility index (Phi) is 8.16. The van der Waals surface area contributed by atoms with E-state index in [4.69, 9.17) is 9.47 Å². The monoisotopic (exact) mass is 322 g/mol. The van der Waals surface area contributed by atoms with E-state index in [1.165, 1.54) is 4.31 Å². The lowest BCUT2D eigenvalue weighted by Gasteiger charge is -2.34. The van der Waals surface area contributed by atoms with Gasteiger partial charge in [-0.2, -0.15) is 4.31 Å². The van der Waals surface area contributed by atoms with Crippen LogP contribution < -0.4 is 0 Å². The van der Waals surface area contributed by atoms with Gasteiger partial charge in [-0.05, 0) is 6.42 Å². The summed E-state index contributed by atoms with van der Waals surface area (Å²) < 4.78 is 35.6. The van der Waals surface area contributed by atoms with Crippen LogP contribution in [-0.4, -0.2) is 82.4 Å². The normalized spacial score (nSPS) is 17.1. The van der Waals surface area contributed by atoms with Gasteiger partial charge in [-0.1, -0.05) is 13.3 Å². The van der Waals surface area contributed by atoms with Crippen molar-refractivity contribution in [1.29, 1.82) is 0 Å². The third-order valence-electron chi connectivity index (χ3n) is 3.40. The quantitative estimate of drug-likeness (QED) is 0.555. The van der Waals surface area contributed by atoms with Crippen molar-refractivity contribution in [2.75, 3.05) is 58.9 Å². The zero-order chi connectivity index (χ0) is 15.7. The molecule has 7 nitrogen and oxygen atoms in total. The molecule has 1 heterocycles. The van der Waals surface area contributed by atoms with Crippen molar-refractivity contribution >= 4 is 15.9 Å². The van der Waals surface area contributed by atoms with E-state index < -0.39 is 10.0 Å². The molecule has 0 spiro atoms. The number of ether oxygens (including phenoxy) is 2. The van der Waals surface area contributed by atoms with Crippen LogP contribution in [0.25, 0.3) is 0 Å². The molecule has 0 saturated carbocycles. The van der Waals surface area contributed by atoms with E-state index in [9.17, 15) is 13.2 Å². The highest BCUT2D eigenvalue weighted by Crippen LogP contribution is 2.10. The minimum Gasteiger partial charge on any atom is -0.382 e. The molecule has 0 aliphatic carbocycles. The molecule has 1 rings (SSSR count). The molecule has 1 fully saturated rings. The van der Waals surface area contributed by atoms with Gasteiger partial charge in [0.05, 0.1) is 19.0 Å². The number of sulfonamides is 1. The molecule has 0 aromatic heterocycles. The van der Waals surface area contributed by atoms with Crippen molar-refractivity contribution in [2.24, 2.45) is 0 Å². The fraction of sp³-hybridized carbons (Fsp3) is 0.923. The molecule has 8 heteroatoms. The summed E-state index contributed by atoms with van der Waals surface area (Å²) in [6, 6.07) is 0. The summed E-state index contributed by atoms with van der Waals surface area (Å²) >= 11 is 0. The molecule has 0 N–H and O–H groups in total. The van der Waals surface area contributed by atoms with Crippen LogP contribution in [0.5, 0.6) is 0 Å². The molecule has 1 aliphatic rings. The van der Waals surface area contributed by atoms with Crippen LogP contribution in [0.4, 0.5) is 0 Å². The fourth-order valence-corrected chi connectivity index (χ4v) is 3.70. The third-order valence-corrected chi connectivity index (χ3v) is 5.35. The average Bonchev–Trinajstić information content (AvgIpc) is 2.49. The second-order valence-corrected chi connectivity index (χ2v) is 7.08. The third kappa shape index (κ3) is 6.29. The standard InChI is InChI=1S/C13H26N2O5S/c1-3-4-11-21(17,18)15-7-5-14(6-8-15)13(16)12-20-10-9-19-2/h3-12H2,1-2H3. The van der Waals surface area contributed by atoms with Crippen LogP contribution >= 0.6 is 0 Å². The molecule has 124 valence electrons. The van der Waals surface area contributed by atoms with Crippen LogP contribution in [0.2, 0.25) is 0 Å². The largest absolute Gasteiger partial charge is 0.382 e. The maximum absolute atomic E-state index is 12.0. The van der Waals surface area contributed by atoms with Crippen molar-refractivity contribution in [1.82, 2.24) is 9.21 Å². The second kappa shape index (κ2) is 9.34. The molecular weight excluding hydrogens is 296 g/mol. The van der Waals surface area contributed by atoms with Crippen molar-refractivity contribution in [3.05, 3.63) is 0 Å². The Morgan fingerprint density at radius 1 is 1.14 bits per heavy atom. The van der Waals surface area contributed by atoms with Gasteiger partial charge in [0.1, 0.15) is 6.61 Å². The van der Waals surface area contributed by atoms with E-state index in [1.807, 2.05) is 6.92 Å². The first kappa shape index (κ1) is 18.3. The van der Waals surface area contributed by atoms with Gasteiger partial charge in [-0.15, -0.1) is 0 Å². The topological polar surface area (TPSA) is 76.2 Å². The van der Waals surface area contributed by atoms with Crippen LogP contribution in [0.3, 0.4) is 0 Å². The first-order valence-corrected chi connectivity index (χ1v) is 8.94. The highest BCUT2D eigenvalue weighted by Gasteiger charge is 2.28. The van der Waals surface area contributed by atoms with E-state index in [1.54, 1.807) is 12.0 Å². The van der Waals surface area contributed by atoms with Gasteiger partial charge < -0.3 is 14.4 Å². The SMILES string of the molecule is CCCCS(=O)(=O)N1CCN(C(=O)COCCOC)CC1. The van der Waals surface area contributed by atoms with Crippen molar-refractivity contribution in [3.63, 3.8) is 0 Å². The van der Waals surface area contributed by atoms with Crippen molar-refractivity contribution < 1.29 is 22.7 Å². The van der Waals surface area contributed by atoms with E-state index in [0.29, 0.717) is 45.8 Å². The maximum atomic E-state index is 12.0. The Morgan fingerprint density at radius 2 is 1.81 bits per heavy atom. The number of unbranched alkanes of at least 4 members (excludes halogenated alkanes) is 1. The number of hydrogen-bond donors (Lipinski definition) is 0. The van der Waals surface area contributed by atoms with Crippen LogP contribution in [0.15, 0.2) is 0 Å². The summed E-state index contributed by atoms with van der Waals surface area (Å²) in [5, 5.41) is 0. The Bertz CT molecular complexity index is 405. The van der Waals surface area contributed by atoms with E-state index in [2.05, 4.69) is 0 Å². The second-order valence-electron chi connectivity index (χ2n) is 4.99. The zero-order valence-electron chi connectivity index (χ0n) is 12.9. The summed E-state index contributed by atoms with van der Waals surface area (Å²) in [5.74, 6) is 0.0918. The predicted molar refractivity (Wildman–Crippen MR) is 79.5 cm³/mol. The lowest BCUT2D eigenvalue weighted by Crippen LogP contribution is -2.51. The number of methoxy groups -OCH3 is 1. The smallest absolute Gasteiger partial charge is 0.248 e. The molecule has 1 aliphatic heterocycles. The van der Waals surface area contributed by atoms with Gasteiger partial charge in [0.2, 0.25) is 15.9 Å². The molecule has 0 unspecified atom stereocenters. The molecule has 0 atom stereocenters. The number of rotatable bonds is 9. The Labute approximate surface area is 127 Å². The molecular formula is C13H26N2O5S. The number of piperazine rings is 1. The zero-order valence-corrected chi connectivity index (χ0v) is 13.7. The van der Waals surface area contributed by atoms with Crippen molar-refractivity contribution in [2.45, 2.75) is 19.8 Å². The van der Waals surface area contributed by atoms with Gasteiger partial charge >= 0.3 is 0 Å². The maximum Gasteiger partial charge on any atom is 0.248 e. The Hall–Kier alpha value is -0.700. The Morgan fingerprint density at radius 3 is 2.38 bits per heavy atom. The van der Waals surface area contributed by atoms with Gasteiger partial charge in [-0.25, -0.2) is 8.42 Å². The molecule has 0 aromatic rings.